The zero-order chi connectivity index (χ0) is 13.8. The molecule has 1 aromatic heterocycles. The van der Waals surface area contributed by atoms with Gasteiger partial charge in [0.25, 0.3) is 0 Å². The number of rotatable bonds is 4. The van der Waals surface area contributed by atoms with Crippen LogP contribution in [-0.4, -0.2) is 41.2 Å². The number of nitrogens with one attached hydrogen (secondary N) is 1. The van der Waals surface area contributed by atoms with Gasteiger partial charge in [-0.2, -0.15) is 0 Å². The van der Waals surface area contributed by atoms with Crippen LogP contribution in [0.4, 0.5) is 5.69 Å². The van der Waals surface area contributed by atoms with E-state index in [2.05, 4.69) is 32.7 Å². The molecule has 3 rings (SSSR count). The normalized spacial score (nSPS) is 15.3. The van der Waals surface area contributed by atoms with Crippen LogP contribution in [0, 0.1) is 0 Å². The third kappa shape index (κ3) is 3.08. The van der Waals surface area contributed by atoms with E-state index in [4.69, 9.17) is 4.74 Å². The molecule has 20 heavy (non-hydrogen) atoms. The van der Waals surface area contributed by atoms with Gasteiger partial charge in [0.2, 0.25) is 0 Å². The summed E-state index contributed by atoms with van der Waals surface area (Å²) >= 11 is 0. The van der Waals surface area contributed by atoms with E-state index in [-0.39, 0.29) is 0 Å². The molecular formula is C14H19N5O. The highest BCUT2D eigenvalue weighted by Crippen LogP contribution is 2.20. The fraction of sp³-hybridized carbons (Fsp3) is 0.429. The van der Waals surface area contributed by atoms with Gasteiger partial charge in [-0.05, 0) is 24.3 Å². The molecule has 1 aromatic carbocycles. The first-order valence-electron chi connectivity index (χ1n) is 6.85. The van der Waals surface area contributed by atoms with Crippen LogP contribution >= 0.6 is 0 Å². The Morgan fingerprint density at radius 2 is 1.95 bits per heavy atom. The topological polar surface area (TPSA) is 55.2 Å². The average Bonchev–Trinajstić information content (AvgIpc) is 2.92. The number of aromatic nitrogens is 3. The van der Waals surface area contributed by atoms with Gasteiger partial charge >= 0.3 is 0 Å². The quantitative estimate of drug-likeness (QED) is 0.893. The van der Waals surface area contributed by atoms with Crippen molar-refractivity contribution < 1.29 is 4.74 Å². The third-order valence-corrected chi connectivity index (χ3v) is 3.36. The number of benzene rings is 1. The minimum absolute atomic E-state index is 0.445. The van der Waals surface area contributed by atoms with Gasteiger partial charge in [0.15, 0.2) is 0 Å². The van der Waals surface area contributed by atoms with Crippen molar-refractivity contribution in [1.29, 1.82) is 0 Å². The minimum atomic E-state index is 0.445. The molecule has 6 nitrogen and oxygen atoms in total. The summed E-state index contributed by atoms with van der Waals surface area (Å²) in [6.45, 7) is 4.65. The molecule has 0 unspecified atom stereocenters. The largest absolute Gasteiger partial charge is 0.487 e. The Bertz CT molecular complexity index is 545. The summed E-state index contributed by atoms with van der Waals surface area (Å²) in [5.41, 5.74) is 2.08. The lowest BCUT2D eigenvalue weighted by Crippen LogP contribution is -2.43. The van der Waals surface area contributed by atoms with Crippen molar-refractivity contribution in [3.8, 4) is 5.75 Å². The van der Waals surface area contributed by atoms with E-state index >= 15 is 0 Å². The van der Waals surface area contributed by atoms with Gasteiger partial charge in [0, 0.05) is 38.9 Å². The summed E-state index contributed by atoms with van der Waals surface area (Å²) in [5.74, 6) is 0.856. The number of anilines is 1. The highest BCUT2D eigenvalue weighted by atomic mass is 16.5. The molecule has 1 saturated heterocycles. The zero-order valence-electron chi connectivity index (χ0n) is 11.6. The van der Waals surface area contributed by atoms with Gasteiger partial charge in [0.1, 0.15) is 18.1 Å². The molecule has 2 aromatic rings. The van der Waals surface area contributed by atoms with E-state index in [9.17, 15) is 0 Å². The second-order valence-corrected chi connectivity index (χ2v) is 4.90. The average molecular weight is 273 g/mol. The van der Waals surface area contributed by atoms with Gasteiger partial charge < -0.3 is 15.0 Å². The first-order chi connectivity index (χ1) is 9.81. The molecule has 1 aliphatic rings. The second kappa shape index (κ2) is 5.92. The lowest BCUT2D eigenvalue weighted by molar-refractivity contribution is 0.301. The summed E-state index contributed by atoms with van der Waals surface area (Å²) in [7, 11) is 1.85. The Balaban J connectivity index is 1.58. The Hall–Kier alpha value is -2.08. The van der Waals surface area contributed by atoms with E-state index in [1.807, 2.05) is 25.4 Å². The Morgan fingerprint density at radius 3 is 2.60 bits per heavy atom. The minimum Gasteiger partial charge on any atom is -0.487 e. The summed E-state index contributed by atoms with van der Waals surface area (Å²) in [6.07, 6.45) is 1.86. The van der Waals surface area contributed by atoms with Crippen molar-refractivity contribution >= 4 is 5.69 Å². The Labute approximate surface area is 118 Å². The van der Waals surface area contributed by atoms with Gasteiger partial charge in [-0.15, -0.1) is 5.10 Å². The van der Waals surface area contributed by atoms with Crippen LogP contribution in [0.1, 0.15) is 5.69 Å². The summed E-state index contributed by atoms with van der Waals surface area (Å²) in [6, 6.07) is 8.23. The van der Waals surface area contributed by atoms with Crippen LogP contribution in [0.25, 0.3) is 0 Å². The number of ether oxygens (including phenoxy) is 1. The molecule has 0 amide bonds. The maximum atomic E-state index is 5.70. The molecule has 0 aliphatic carbocycles. The first-order valence-corrected chi connectivity index (χ1v) is 6.85. The van der Waals surface area contributed by atoms with Crippen molar-refractivity contribution in [1.82, 2.24) is 20.3 Å². The van der Waals surface area contributed by atoms with Crippen molar-refractivity contribution in [3.05, 3.63) is 36.2 Å². The molecule has 0 saturated carbocycles. The van der Waals surface area contributed by atoms with E-state index < -0.39 is 0 Å². The fourth-order valence-electron chi connectivity index (χ4n) is 2.29. The monoisotopic (exact) mass is 273 g/mol. The molecule has 0 spiro atoms. The maximum absolute atomic E-state index is 5.70. The predicted octanol–water partition coefficient (Wildman–Crippen LogP) is 0.804. The van der Waals surface area contributed by atoms with E-state index in [0.29, 0.717) is 6.61 Å². The zero-order valence-corrected chi connectivity index (χ0v) is 11.6. The Kier molecular flexibility index (Phi) is 3.83. The van der Waals surface area contributed by atoms with E-state index in [1.54, 1.807) is 4.68 Å². The molecule has 0 radical (unpaired) electrons. The standard InChI is InChI=1S/C14H19N5O/c1-18-10-12(16-17-18)11-20-14-4-2-13(3-5-14)19-8-6-15-7-9-19/h2-5,10,15H,6-9,11H2,1H3. The summed E-state index contributed by atoms with van der Waals surface area (Å²) in [5, 5.41) is 11.2. The molecule has 2 heterocycles. The number of hydrogen-bond acceptors (Lipinski definition) is 5. The molecule has 1 N–H and O–H groups in total. The van der Waals surface area contributed by atoms with E-state index in [0.717, 1.165) is 37.6 Å². The predicted molar refractivity (Wildman–Crippen MR) is 76.9 cm³/mol. The maximum Gasteiger partial charge on any atom is 0.134 e. The van der Waals surface area contributed by atoms with Gasteiger partial charge in [-0.25, -0.2) is 0 Å². The van der Waals surface area contributed by atoms with Crippen molar-refractivity contribution in [2.75, 3.05) is 31.1 Å². The second-order valence-electron chi connectivity index (χ2n) is 4.90. The molecule has 0 atom stereocenters. The van der Waals surface area contributed by atoms with Gasteiger partial charge in [-0.3, -0.25) is 4.68 Å². The van der Waals surface area contributed by atoms with Crippen LogP contribution < -0.4 is 15.0 Å². The molecule has 0 bridgehead atoms. The molecule has 6 heteroatoms. The lowest BCUT2D eigenvalue weighted by atomic mass is 10.2. The van der Waals surface area contributed by atoms with Crippen LogP contribution in [0.3, 0.4) is 0 Å². The SMILES string of the molecule is Cn1cc(COc2ccc(N3CCNCC3)cc2)nn1. The van der Waals surface area contributed by atoms with Crippen LogP contribution in [0.5, 0.6) is 5.75 Å². The highest BCUT2D eigenvalue weighted by Gasteiger charge is 2.10. The first kappa shape index (κ1) is 12.9. The van der Waals surface area contributed by atoms with E-state index in [1.165, 1.54) is 5.69 Å². The lowest BCUT2D eigenvalue weighted by Gasteiger charge is -2.29. The van der Waals surface area contributed by atoms with Crippen molar-refractivity contribution in [2.24, 2.45) is 7.05 Å². The molecule has 1 fully saturated rings. The van der Waals surface area contributed by atoms with Crippen molar-refractivity contribution in [2.45, 2.75) is 6.61 Å². The number of piperazine rings is 1. The van der Waals surface area contributed by atoms with Crippen LogP contribution in [0.15, 0.2) is 30.5 Å². The smallest absolute Gasteiger partial charge is 0.134 e. The summed E-state index contributed by atoms with van der Waals surface area (Å²) in [4.78, 5) is 2.38. The number of nitrogens with zero attached hydrogens (tertiary/aromatic N) is 4. The van der Waals surface area contributed by atoms with Crippen LogP contribution in [-0.2, 0) is 13.7 Å². The van der Waals surface area contributed by atoms with Gasteiger partial charge in [-0.1, -0.05) is 5.21 Å². The summed E-state index contributed by atoms with van der Waals surface area (Å²) < 4.78 is 7.37. The Morgan fingerprint density at radius 1 is 1.20 bits per heavy atom. The molecule has 1 aliphatic heterocycles. The van der Waals surface area contributed by atoms with Gasteiger partial charge in [0.05, 0.1) is 6.20 Å². The third-order valence-electron chi connectivity index (χ3n) is 3.36. The number of aryl methyl sites for hydroxylation is 1. The molecule has 106 valence electrons. The van der Waals surface area contributed by atoms with Crippen LogP contribution in [0.2, 0.25) is 0 Å². The molecular weight excluding hydrogens is 254 g/mol. The number of hydrogen-bond donors (Lipinski definition) is 1. The van der Waals surface area contributed by atoms with Crippen molar-refractivity contribution in [3.63, 3.8) is 0 Å². The fourth-order valence-corrected chi connectivity index (χ4v) is 2.29. The highest BCUT2D eigenvalue weighted by molar-refractivity contribution is 5.49.